The minimum absolute atomic E-state index is 0.820. The number of nitrogens with one attached hydrogen (secondary N) is 1. The van der Waals surface area contributed by atoms with Gasteiger partial charge < -0.3 is 15.0 Å². The lowest BCUT2D eigenvalue weighted by Gasteiger charge is -2.21. The molecule has 0 radical (unpaired) electrons. The standard InChI is InChI=1S/C13H28N2O/c1-3-9-15(12-13-5-6-13)10-4-7-14-8-11-16-2/h13-14H,3-12H2,1-2H3. The lowest BCUT2D eigenvalue weighted by molar-refractivity contribution is 0.198. The van der Waals surface area contributed by atoms with Crippen LogP contribution in [-0.4, -0.2) is 51.3 Å². The SMILES string of the molecule is CCCN(CCCNCCOC)CC1CC1. The Hall–Kier alpha value is -0.120. The van der Waals surface area contributed by atoms with Gasteiger partial charge in [0.25, 0.3) is 0 Å². The topological polar surface area (TPSA) is 24.5 Å². The van der Waals surface area contributed by atoms with Crippen molar-refractivity contribution in [1.82, 2.24) is 10.2 Å². The van der Waals surface area contributed by atoms with Crippen LogP contribution in [0, 0.1) is 5.92 Å². The fourth-order valence-electron chi connectivity index (χ4n) is 2.00. The van der Waals surface area contributed by atoms with Crippen molar-refractivity contribution in [3.05, 3.63) is 0 Å². The van der Waals surface area contributed by atoms with Crippen LogP contribution in [0.25, 0.3) is 0 Å². The molecule has 0 bridgehead atoms. The third kappa shape index (κ3) is 7.20. The van der Waals surface area contributed by atoms with E-state index in [0.29, 0.717) is 0 Å². The summed E-state index contributed by atoms with van der Waals surface area (Å²) in [6, 6.07) is 0. The van der Waals surface area contributed by atoms with Crippen LogP contribution in [0.4, 0.5) is 0 Å². The monoisotopic (exact) mass is 228 g/mol. The Morgan fingerprint density at radius 3 is 2.69 bits per heavy atom. The fraction of sp³-hybridized carbons (Fsp3) is 1.00. The molecule has 0 spiro atoms. The maximum Gasteiger partial charge on any atom is 0.0587 e. The highest BCUT2D eigenvalue weighted by atomic mass is 16.5. The Morgan fingerprint density at radius 2 is 2.06 bits per heavy atom. The van der Waals surface area contributed by atoms with Crippen molar-refractivity contribution in [1.29, 1.82) is 0 Å². The molecule has 1 aliphatic rings. The van der Waals surface area contributed by atoms with Crippen molar-refractivity contribution in [2.75, 3.05) is 46.4 Å². The maximum atomic E-state index is 5.00. The van der Waals surface area contributed by atoms with Crippen LogP contribution >= 0.6 is 0 Å². The zero-order valence-corrected chi connectivity index (χ0v) is 11.0. The van der Waals surface area contributed by atoms with Gasteiger partial charge in [0, 0.05) is 20.2 Å². The number of hydrogen-bond donors (Lipinski definition) is 1. The zero-order chi connectivity index (χ0) is 11.6. The first-order valence-corrected chi connectivity index (χ1v) is 6.78. The molecule has 1 rings (SSSR count). The van der Waals surface area contributed by atoms with Gasteiger partial charge in [0.05, 0.1) is 6.61 Å². The average molecular weight is 228 g/mol. The maximum absolute atomic E-state index is 5.00. The molecule has 0 amide bonds. The second kappa shape index (κ2) is 8.97. The van der Waals surface area contributed by atoms with E-state index in [0.717, 1.165) is 25.6 Å². The van der Waals surface area contributed by atoms with Gasteiger partial charge in [0.2, 0.25) is 0 Å². The molecule has 3 nitrogen and oxygen atoms in total. The summed E-state index contributed by atoms with van der Waals surface area (Å²) >= 11 is 0. The van der Waals surface area contributed by atoms with E-state index in [1.807, 2.05) is 0 Å². The molecule has 0 aromatic carbocycles. The minimum Gasteiger partial charge on any atom is -0.383 e. The van der Waals surface area contributed by atoms with Crippen LogP contribution in [0.2, 0.25) is 0 Å². The molecule has 1 N–H and O–H groups in total. The van der Waals surface area contributed by atoms with Gasteiger partial charge in [-0.05, 0) is 51.2 Å². The van der Waals surface area contributed by atoms with Crippen LogP contribution in [0.1, 0.15) is 32.6 Å². The summed E-state index contributed by atoms with van der Waals surface area (Å²) in [5.74, 6) is 1.02. The third-order valence-electron chi connectivity index (χ3n) is 3.06. The van der Waals surface area contributed by atoms with E-state index in [1.54, 1.807) is 7.11 Å². The molecule has 0 aromatic rings. The van der Waals surface area contributed by atoms with Crippen molar-refractivity contribution in [2.24, 2.45) is 5.92 Å². The highest BCUT2D eigenvalue weighted by molar-refractivity contribution is 4.77. The van der Waals surface area contributed by atoms with Crippen molar-refractivity contribution in [2.45, 2.75) is 32.6 Å². The predicted molar refractivity (Wildman–Crippen MR) is 68.8 cm³/mol. The van der Waals surface area contributed by atoms with E-state index in [4.69, 9.17) is 4.74 Å². The van der Waals surface area contributed by atoms with Crippen LogP contribution in [0.5, 0.6) is 0 Å². The highest BCUT2D eigenvalue weighted by Crippen LogP contribution is 2.29. The first kappa shape index (κ1) is 13.9. The first-order valence-electron chi connectivity index (χ1n) is 6.78. The van der Waals surface area contributed by atoms with E-state index in [9.17, 15) is 0 Å². The molecule has 0 aromatic heterocycles. The number of hydrogen-bond acceptors (Lipinski definition) is 3. The summed E-state index contributed by atoms with van der Waals surface area (Å²) in [6.45, 7) is 9.06. The molecular formula is C13H28N2O. The molecule has 0 aliphatic heterocycles. The molecule has 1 aliphatic carbocycles. The van der Waals surface area contributed by atoms with Gasteiger partial charge in [-0.25, -0.2) is 0 Å². The van der Waals surface area contributed by atoms with Gasteiger partial charge in [-0.2, -0.15) is 0 Å². The molecule has 0 heterocycles. The Balaban J connectivity index is 1.93. The van der Waals surface area contributed by atoms with Gasteiger partial charge in [-0.15, -0.1) is 0 Å². The van der Waals surface area contributed by atoms with Gasteiger partial charge in [0.15, 0.2) is 0 Å². The van der Waals surface area contributed by atoms with Crippen molar-refractivity contribution >= 4 is 0 Å². The second-order valence-corrected chi connectivity index (χ2v) is 4.84. The second-order valence-electron chi connectivity index (χ2n) is 4.84. The Bertz CT molecular complexity index is 160. The van der Waals surface area contributed by atoms with E-state index in [1.165, 1.54) is 45.3 Å². The van der Waals surface area contributed by atoms with Crippen molar-refractivity contribution in [3.63, 3.8) is 0 Å². The summed E-state index contributed by atoms with van der Waals surface area (Å²) in [5.41, 5.74) is 0. The molecule has 3 heteroatoms. The summed E-state index contributed by atoms with van der Waals surface area (Å²) in [6.07, 6.45) is 5.47. The quantitative estimate of drug-likeness (QED) is 0.545. The molecule has 0 unspecified atom stereocenters. The molecule has 96 valence electrons. The molecule has 0 saturated heterocycles. The highest BCUT2D eigenvalue weighted by Gasteiger charge is 2.23. The molecular weight excluding hydrogens is 200 g/mol. The number of ether oxygens (including phenoxy) is 1. The third-order valence-corrected chi connectivity index (χ3v) is 3.06. The number of nitrogens with zero attached hydrogens (tertiary/aromatic N) is 1. The average Bonchev–Trinajstić information content (AvgIpc) is 3.07. The van der Waals surface area contributed by atoms with E-state index in [2.05, 4.69) is 17.1 Å². The lowest BCUT2D eigenvalue weighted by Crippen LogP contribution is -2.30. The first-order chi connectivity index (χ1) is 7.86. The molecule has 1 saturated carbocycles. The number of rotatable bonds is 11. The van der Waals surface area contributed by atoms with Gasteiger partial charge in [0.1, 0.15) is 0 Å². The van der Waals surface area contributed by atoms with Gasteiger partial charge >= 0.3 is 0 Å². The fourth-order valence-corrected chi connectivity index (χ4v) is 2.00. The zero-order valence-electron chi connectivity index (χ0n) is 11.0. The van der Waals surface area contributed by atoms with E-state index < -0.39 is 0 Å². The Morgan fingerprint density at radius 1 is 1.25 bits per heavy atom. The van der Waals surface area contributed by atoms with E-state index >= 15 is 0 Å². The van der Waals surface area contributed by atoms with Crippen LogP contribution in [0.15, 0.2) is 0 Å². The molecule has 16 heavy (non-hydrogen) atoms. The van der Waals surface area contributed by atoms with Crippen molar-refractivity contribution < 1.29 is 4.74 Å². The Labute approximate surface area is 101 Å². The smallest absolute Gasteiger partial charge is 0.0587 e. The van der Waals surface area contributed by atoms with Crippen LogP contribution in [0.3, 0.4) is 0 Å². The van der Waals surface area contributed by atoms with Crippen molar-refractivity contribution in [3.8, 4) is 0 Å². The number of methoxy groups -OCH3 is 1. The van der Waals surface area contributed by atoms with E-state index in [-0.39, 0.29) is 0 Å². The minimum atomic E-state index is 0.820. The normalized spacial score (nSPS) is 15.9. The largest absolute Gasteiger partial charge is 0.383 e. The molecule has 0 atom stereocenters. The summed E-state index contributed by atoms with van der Waals surface area (Å²) in [4.78, 5) is 2.63. The summed E-state index contributed by atoms with van der Waals surface area (Å²) < 4.78 is 5.00. The van der Waals surface area contributed by atoms with Crippen LogP contribution in [-0.2, 0) is 4.74 Å². The predicted octanol–water partition coefficient (Wildman–Crippen LogP) is 1.73. The summed E-state index contributed by atoms with van der Waals surface area (Å²) in [5, 5.41) is 3.40. The van der Waals surface area contributed by atoms with Gasteiger partial charge in [-0.3, -0.25) is 0 Å². The lowest BCUT2D eigenvalue weighted by atomic mass is 10.3. The Kier molecular flexibility index (Phi) is 7.81. The summed E-state index contributed by atoms with van der Waals surface area (Å²) in [7, 11) is 1.75. The van der Waals surface area contributed by atoms with Gasteiger partial charge in [-0.1, -0.05) is 6.92 Å². The van der Waals surface area contributed by atoms with Crippen LogP contribution < -0.4 is 5.32 Å². The molecule has 1 fully saturated rings.